The van der Waals surface area contributed by atoms with Gasteiger partial charge in [0, 0.05) is 13.1 Å². The van der Waals surface area contributed by atoms with Crippen LogP contribution in [0.25, 0.3) is 0 Å². The molecule has 3 N–H and O–H groups in total. The highest BCUT2D eigenvalue weighted by Crippen LogP contribution is 2.17. The number of thiophene rings is 1. The molecule has 1 aromatic carbocycles. The van der Waals surface area contributed by atoms with Gasteiger partial charge in [-0.25, -0.2) is 13.1 Å². The van der Waals surface area contributed by atoms with Gasteiger partial charge in [0.25, 0.3) is 0 Å². The van der Waals surface area contributed by atoms with Crippen molar-refractivity contribution in [3.8, 4) is 0 Å². The number of nitrogens with two attached hydrogens (primary N) is 1. The second-order valence-electron chi connectivity index (χ2n) is 4.22. The second kappa shape index (κ2) is 5.83. The fourth-order valence-corrected chi connectivity index (χ4v) is 3.87. The van der Waals surface area contributed by atoms with Crippen LogP contribution in [0, 0.1) is 6.92 Å². The van der Waals surface area contributed by atoms with Gasteiger partial charge in [-0.2, -0.15) is 11.3 Å². The number of benzene rings is 1. The molecule has 0 spiro atoms. The molecular formula is C13H16N2O2S2. The van der Waals surface area contributed by atoms with E-state index in [4.69, 9.17) is 5.73 Å². The summed E-state index contributed by atoms with van der Waals surface area (Å²) in [6, 6.07) is 6.78. The molecule has 0 fully saturated rings. The van der Waals surface area contributed by atoms with Crippen LogP contribution in [0.3, 0.4) is 0 Å². The first-order valence-electron chi connectivity index (χ1n) is 5.84. The summed E-state index contributed by atoms with van der Waals surface area (Å²) < 4.78 is 27.1. The molecule has 2 rings (SSSR count). The molecule has 1 heterocycles. The molecule has 0 radical (unpaired) electrons. The maximum atomic E-state index is 12.3. The van der Waals surface area contributed by atoms with Crippen molar-refractivity contribution < 1.29 is 8.42 Å². The SMILES string of the molecule is Cc1cscc1CNS(=O)(=O)c1ccccc1CN. The molecule has 19 heavy (non-hydrogen) atoms. The maximum Gasteiger partial charge on any atom is 0.241 e. The lowest BCUT2D eigenvalue weighted by atomic mass is 10.2. The van der Waals surface area contributed by atoms with Crippen molar-refractivity contribution >= 4 is 21.4 Å². The Morgan fingerprint density at radius 1 is 1.21 bits per heavy atom. The quantitative estimate of drug-likeness (QED) is 0.886. The van der Waals surface area contributed by atoms with E-state index in [1.807, 2.05) is 17.7 Å². The van der Waals surface area contributed by atoms with Crippen molar-refractivity contribution in [3.63, 3.8) is 0 Å². The molecule has 0 unspecified atom stereocenters. The Morgan fingerprint density at radius 2 is 1.95 bits per heavy atom. The highest BCUT2D eigenvalue weighted by molar-refractivity contribution is 7.89. The van der Waals surface area contributed by atoms with E-state index in [2.05, 4.69) is 4.72 Å². The van der Waals surface area contributed by atoms with E-state index >= 15 is 0 Å². The van der Waals surface area contributed by atoms with Crippen LogP contribution in [-0.4, -0.2) is 8.42 Å². The molecule has 0 bridgehead atoms. The molecule has 4 nitrogen and oxygen atoms in total. The van der Waals surface area contributed by atoms with Gasteiger partial charge in [-0.3, -0.25) is 0 Å². The molecule has 1 aromatic heterocycles. The van der Waals surface area contributed by atoms with E-state index in [9.17, 15) is 8.42 Å². The summed E-state index contributed by atoms with van der Waals surface area (Å²) in [6.45, 7) is 2.47. The fourth-order valence-electron chi connectivity index (χ4n) is 1.75. The average molecular weight is 296 g/mol. The number of hydrogen-bond acceptors (Lipinski definition) is 4. The summed E-state index contributed by atoms with van der Waals surface area (Å²) in [5, 5.41) is 3.95. The molecular weight excluding hydrogens is 280 g/mol. The zero-order valence-corrected chi connectivity index (χ0v) is 12.2. The summed E-state index contributed by atoms with van der Waals surface area (Å²) in [5.74, 6) is 0. The third-order valence-electron chi connectivity index (χ3n) is 2.90. The van der Waals surface area contributed by atoms with Gasteiger partial charge >= 0.3 is 0 Å². The summed E-state index contributed by atoms with van der Waals surface area (Å²) >= 11 is 1.57. The highest BCUT2D eigenvalue weighted by atomic mass is 32.2. The third kappa shape index (κ3) is 3.22. The van der Waals surface area contributed by atoms with Crippen LogP contribution in [0.5, 0.6) is 0 Å². The van der Waals surface area contributed by atoms with Crippen LogP contribution in [-0.2, 0) is 23.1 Å². The minimum absolute atomic E-state index is 0.203. The molecule has 0 atom stereocenters. The third-order valence-corrected chi connectivity index (χ3v) is 5.31. The second-order valence-corrected chi connectivity index (χ2v) is 6.70. The Labute approximate surface area is 117 Å². The standard InChI is InChI=1S/C13H16N2O2S2/c1-10-8-18-9-12(10)7-15-19(16,17)13-5-3-2-4-11(13)6-14/h2-5,8-9,15H,6-7,14H2,1H3. The van der Waals surface area contributed by atoms with E-state index in [1.165, 1.54) is 0 Å². The van der Waals surface area contributed by atoms with Gasteiger partial charge in [0.15, 0.2) is 0 Å². The summed E-state index contributed by atoms with van der Waals surface area (Å²) in [7, 11) is -3.52. The molecule has 0 aliphatic carbocycles. The molecule has 0 amide bonds. The van der Waals surface area contributed by atoms with Crippen LogP contribution in [0.2, 0.25) is 0 Å². The maximum absolute atomic E-state index is 12.3. The number of sulfonamides is 1. The smallest absolute Gasteiger partial charge is 0.241 e. The van der Waals surface area contributed by atoms with Crippen LogP contribution < -0.4 is 10.5 Å². The van der Waals surface area contributed by atoms with Gasteiger partial charge in [0.1, 0.15) is 0 Å². The molecule has 0 aliphatic rings. The molecule has 6 heteroatoms. The first-order valence-corrected chi connectivity index (χ1v) is 8.26. The van der Waals surface area contributed by atoms with Crippen LogP contribution in [0.1, 0.15) is 16.7 Å². The highest BCUT2D eigenvalue weighted by Gasteiger charge is 2.17. The van der Waals surface area contributed by atoms with E-state index in [0.717, 1.165) is 11.1 Å². The molecule has 0 aliphatic heterocycles. The molecule has 102 valence electrons. The van der Waals surface area contributed by atoms with Gasteiger partial charge in [0.2, 0.25) is 10.0 Å². The lowest BCUT2D eigenvalue weighted by Gasteiger charge is -2.10. The van der Waals surface area contributed by atoms with Crippen LogP contribution >= 0.6 is 11.3 Å². The summed E-state index contributed by atoms with van der Waals surface area (Å²) in [6.07, 6.45) is 0. The normalized spacial score (nSPS) is 11.7. The first-order chi connectivity index (χ1) is 9.04. The predicted octanol–water partition coefficient (Wildman–Crippen LogP) is 1.99. The number of aryl methyl sites for hydroxylation is 1. The van der Waals surface area contributed by atoms with Crippen LogP contribution in [0.15, 0.2) is 39.9 Å². The van der Waals surface area contributed by atoms with Crippen molar-refractivity contribution in [3.05, 3.63) is 51.7 Å². The molecule has 0 saturated heterocycles. The van der Waals surface area contributed by atoms with Crippen molar-refractivity contribution in [1.29, 1.82) is 0 Å². The van der Waals surface area contributed by atoms with E-state index in [0.29, 0.717) is 12.1 Å². The number of nitrogens with one attached hydrogen (secondary N) is 1. The van der Waals surface area contributed by atoms with Gasteiger partial charge in [0.05, 0.1) is 4.90 Å². The van der Waals surface area contributed by atoms with Crippen molar-refractivity contribution in [2.24, 2.45) is 5.73 Å². The zero-order valence-electron chi connectivity index (χ0n) is 10.6. The van der Waals surface area contributed by atoms with E-state index < -0.39 is 10.0 Å². The summed E-state index contributed by atoms with van der Waals surface area (Å²) in [5.41, 5.74) is 8.29. The first kappa shape index (κ1) is 14.2. The Balaban J connectivity index is 2.21. The Hall–Kier alpha value is -1.21. The lowest BCUT2D eigenvalue weighted by molar-refractivity contribution is 0.580. The summed E-state index contributed by atoms with van der Waals surface area (Å²) in [4.78, 5) is 0.255. The lowest BCUT2D eigenvalue weighted by Crippen LogP contribution is -2.24. The minimum atomic E-state index is -3.52. The monoisotopic (exact) mass is 296 g/mol. The zero-order chi connectivity index (χ0) is 13.9. The van der Waals surface area contributed by atoms with Gasteiger partial charge in [-0.1, -0.05) is 18.2 Å². The minimum Gasteiger partial charge on any atom is -0.326 e. The predicted molar refractivity (Wildman–Crippen MR) is 77.4 cm³/mol. The Morgan fingerprint density at radius 3 is 2.58 bits per heavy atom. The van der Waals surface area contributed by atoms with Crippen molar-refractivity contribution in [1.82, 2.24) is 4.72 Å². The molecule has 2 aromatic rings. The van der Waals surface area contributed by atoms with Gasteiger partial charge in [-0.05, 0) is 40.4 Å². The topological polar surface area (TPSA) is 72.2 Å². The fraction of sp³-hybridized carbons (Fsp3) is 0.231. The molecule has 0 saturated carbocycles. The van der Waals surface area contributed by atoms with Crippen molar-refractivity contribution in [2.75, 3.05) is 0 Å². The van der Waals surface area contributed by atoms with Gasteiger partial charge < -0.3 is 5.73 Å². The van der Waals surface area contributed by atoms with E-state index in [-0.39, 0.29) is 11.4 Å². The average Bonchev–Trinajstić information content (AvgIpc) is 2.82. The Kier molecular flexibility index (Phi) is 4.36. The Bertz CT molecular complexity index is 663. The number of rotatable bonds is 5. The van der Waals surface area contributed by atoms with E-state index in [1.54, 1.807) is 35.6 Å². The number of hydrogen-bond donors (Lipinski definition) is 2. The van der Waals surface area contributed by atoms with Crippen molar-refractivity contribution in [2.45, 2.75) is 24.9 Å². The van der Waals surface area contributed by atoms with Gasteiger partial charge in [-0.15, -0.1) is 0 Å². The van der Waals surface area contributed by atoms with Crippen LogP contribution in [0.4, 0.5) is 0 Å². The largest absolute Gasteiger partial charge is 0.326 e.